The lowest BCUT2D eigenvalue weighted by Gasteiger charge is -2.43. The molecule has 0 aliphatic carbocycles. The topological polar surface area (TPSA) is 229 Å². The minimum atomic E-state index is -1.63. The minimum Gasteiger partial charge on any atom is -0.491 e. The molecule has 22 heteroatoms. The minimum absolute atomic E-state index is 0.0121. The summed E-state index contributed by atoms with van der Waals surface area (Å²) in [4.78, 5) is 79.7. The van der Waals surface area contributed by atoms with Crippen LogP contribution in [0.2, 0.25) is 0 Å². The number of likely N-dealkylation sites (tertiary alicyclic amines) is 1. The van der Waals surface area contributed by atoms with E-state index < -0.39 is 95.2 Å². The molecule has 82 heavy (non-hydrogen) atoms. The summed E-state index contributed by atoms with van der Waals surface area (Å²) in [5.41, 5.74) is 10.2. The number of thiazole rings is 1. The second kappa shape index (κ2) is 27.8. The fourth-order valence-corrected chi connectivity index (χ4v) is 11.0. The number of rotatable bonds is 26. The molecule has 0 radical (unpaired) electrons. The number of nitrogens with two attached hydrogens (primary N) is 1. The van der Waals surface area contributed by atoms with Crippen molar-refractivity contribution in [2.45, 2.75) is 137 Å². The Morgan fingerprint density at radius 2 is 1.54 bits per heavy atom. The monoisotopic (exact) mass is 1160 g/mol. The highest BCUT2D eigenvalue weighted by Crippen LogP contribution is 2.44. The van der Waals surface area contributed by atoms with E-state index in [2.05, 4.69) is 25.9 Å². The second-order valence-electron chi connectivity index (χ2n) is 23.2. The van der Waals surface area contributed by atoms with Gasteiger partial charge in [-0.3, -0.25) is 24.1 Å². The van der Waals surface area contributed by atoms with Gasteiger partial charge in [-0.05, 0) is 75.1 Å². The fraction of sp³-hybridized carbons (Fsp3) is 0.533. The van der Waals surface area contributed by atoms with Crippen LogP contribution in [0, 0.1) is 29.9 Å². The van der Waals surface area contributed by atoms with Gasteiger partial charge >= 0.3 is 5.97 Å². The number of alkyl halides is 1. The molecule has 3 unspecified atom stereocenters. The summed E-state index contributed by atoms with van der Waals surface area (Å²) >= 11 is 1.53. The van der Waals surface area contributed by atoms with Gasteiger partial charge < -0.3 is 55.3 Å². The van der Waals surface area contributed by atoms with Gasteiger partial charge in [0.1, 0.15) is 60.5 Å². The molecule has 6 N–H and O–H groups in total. The van der Waals surface area contributed by atoms with Gasteiger partial charge in [-0.15, -0.1) is 11.3 Å². The standard InChI is InChI=1S/C60H79F3N8O10S/c1-34(2)50(64)56(74)67-37(5)58(76)81-41-28-47(55(73)65-29-38-15-17-39(18-16-38)53-36(4)66-33-82-53)70(30-41)57(75)54(59(6,7)8)69-48(72)31-79-22-21-77-19-20-78-23-24-80-40-26-44(61)49(45(62)27-40)52-51-43(42-13-11-12-14-46(42)68-51)25-35(3)71(52)32-60(9,10)63/h11-18,26-27,33-35,37,41,47,50,52,54,68H,19-25,28-32,64H2,1-10H3,(H,65,73)(H,67,74)(H,69,72)/t35-,37?,41-,47+,50?,52-,54?/m1/s1. The van der Waals surface area contributed by atoms with Gasteiger partial charge in [-0.2, -0.15) is 0 Å². The molecule has 18 nitrogen and oxygen atoms in total. The van der Waals surface area contributed by atoms with Crippen molar-refractivity contribution in [1.29, 1.82) is 0 Å². The summed E-state index contributed by atoms with van der Waals surface area (Å²) in [6.07, 6.45) is -0.376. The van der Waals surface area contributed by atoms with Crippen molar-refractivity contribution in [2.24, 2.45) is 17.1 Å². The van der Waals surface area contributed by atoms with E-state index in [1.54, 1.807) is 40.1 Å². The van der Waals surface area contributed by atoms with Gasteiger partial charge in [0, 0.05) is 59.8 Å². The third-order valence-electron chi connectivity index (χ3n) is 14.6. The first-order chi connectivity index (χ1) is 38.8. The maximum atomic E-state index is 16.1. The number of carbonyl (C=O) groups excluding carboxylic acids is 5. The number of halogens is 3. The number of H-pyrrole nitrogens is 1. The quantitative estimate of drug-likeness (QED) is 0.0272. The van der Waals surface area contributed by atoms with Gasteiger partial charge in [0.15, 0.2) is 0 Å². The highest BCUT2D eigenvalue weighted by Gasteiger charge is 2.47. The Morgan fingerprint density at radius 1 is 0.890 bits per heavy atom. The van der Waals surface area contributed by atoms with Crippen LogP contribution in [0.25, 0.3) is 21.3 Å². The molecule has 7 rings (SSSR count). The average molecular weight is 1160 g/mol. The number of aromatic amines is 1. The number of hydrogen-bond donors (Lipinski definition) is 5. The number of fused-ring (bicyclic) bond motifs is 3. The van der Waals surface area contributed by atoms with E-state index >= 15 is 13.2 Å². The lowest BCUT2D eigenvalue weighted by atomic mass is 9.85. The Balaban J connectivity index is 0.865. The van der Waals surface area contributed by atoms with Crippen LogP contribution in [0.5, 0.6) is 5.75 Å². The summed E-state index contributed by atoms with van der Waals surface area (Å²) < 4.78 is 75.6. The Morgan fingerprint density at radius 3 is 2.16 bits per heavy atom. The maximum Gasteiger partial charge on any atom is 0.328 e. The molecule has 4 heterocycles. The first kappa shape index (κ1) is 63.2. The van der Waals surface area contributed by atoms with E-state index in [-0.39, 0.29) is 89.0 Å². The number of ether oxygens (including phenoxy) is 5. The predicted molar refractivity (Wildman–Crippen MR) is 305 cm³/mol. The zero-order valence-electron chi connectivity index (χ0n) is 48.5. The number of esters is 1. The maximum absolute atomic E-state index is 16.1. The number of para-hydroxylation sites is 1. The molecular weight excluding hydrogens is 1080 g/mol. The molecule has 4 amide bonds. The molecule has 0 bridgehead atoms. The van der Waals surface area contributed by atoms with E-state index in [4.69, 9.17) is 29.4 Å². The molecule has 446 valence electrons. The van der Waals surface area contributed by atoms with E-state index in [0.717, 1.165) is 50.3 Å². The number of nitrogens with one attached hydrogen (secondary N) is 4. The fourth-order valence-electron chi connectivity index (χ4n) is 10.2. The number of aryl methyl sites for hydroxylation is 1. The van der Waals surface area contributed by atoms with Crippen molar-refractivity contribution in [3.05, 3.63) is 106 Å². The number of carbonyl (C=O) groups is 5. The first-order valence-corrected chi connectivity index (χ1v) is 28.7. The first-order valence-electron chi connectivity index (χ1n) is 27.8. The van der Waals surface area contributed by atoms with E-state index in [1.165, 1.54) is 37.0 Å². The third kappa shape index (κ3) is 16.2. The van der Waals surface area contributed by atoms with Crippen LogP contribution in [-0.4, -0.2) is 151 Å². The lowest BCUT2D eigenvalue weighted by molar-refractivity contribution is -0.153. The molecule has 2 aliphatic rings. The second-order valence-corrected chi connectivity index (χ2v) is 24.0. The molecule has 3 aromatic carbocycles. The summed E-state index contributed by atoms with van der Waals surface area (Å²) in [6, 6.07) is 12.4. The summed E-state index contributed by atoms with van der Waals surface area (Å²) in [6.45, 7) is 17.2. The molecule has 1 fully saturated rings. The van der Waals surface area contributed by atoms with Gasteiger partial charge in [0.05, 0.1) is 67.7 Å². The van der Waals surface area contributed by atoms with Crippen molar-refractivity contribution in [3.8, 4) is 16.2 Å². The number of benzene rings is 3. The van der Waals surface area contributed by atoms with E-state index in [9.17, 15) is 24.0 Å². The van der Waals surface area contributed by atoms with Gasteiger partial charge in [-0.25, -0.2) is 22.9 Å². The van der Waals surface area contributed by atoms with Crippen LogP contribution in [0.15, 0.2) is 66.2 Å². The molecule has 7 atom stereocenters. The van der Waals surface area contributed by atoms with Gasteiger partial charge in [0.25, 0.3) is 0 Å². The molecule has 0 saturated carbocycles. The smallest absolute Gasteiger partial charge is 0.328 e. The number of aromatic nitrogens is 2. The normalized spacial score (nSPS) is 18.7. The van der Waals surface area contributed by atoms with Crippen molar-refractivity contribution >= 4 is 51.8 Å². The number of nitrogens with zero attached hydrogens (tertiary/aromatic N) is 3. The van der Waals surface area contributed by atoms with Crippen LogP contribution in [0.4, 0.5) is 13.2 Å². The highest BCUT2D eigenvalue weighted by molar-refractivity contribution is 7.13. The van der Waals surface area contributed by atoms with Gasteiger partial charge in [-0.1, -0.05) is 77.1 Å². The number of hydrogen-bond acceptors (Lipinski definition) is 14. The van der Waals surface area contributed by atoms with E-state index in [1.807, 2.05) is 67.3 Å². The summed E-state index contributed by atoms with van der Waals surface area (Å²) in [5, 5.41) is 9.26. The SMILES string of the molecule is Cc1ncsc1-c1ccc(CNC(=O)[C@@H]2C[C@@H](OC(=O)C(C)NC(=O)C(N)C(C)C)CN2C(=O)C(NC(=O)COCCOCCOCCOc2cc(F)c([C@@H]3c4[nH]c5ccccc5c4C[C@@H](C)N3CC(C)(C)F)c(F)c2)C(C)(C)C)cc1. The van der Waals surface area contributed by atoms with Crippen molar-refractivity contribution in [3.63, 3.8) is 0 Å². The largest absolute Gasteiger partial charge is 0.491 e. The van der Waals surface area contributed by atoms with E-state index in [0.29, 0.717) is 12.1 Å². The lowest BCUT2D eigenvalue weighted by Crippen LogP contribution is -2.58. The predicted octanol–water partition coefficient (Wildman–Crippen LogP) is 7.24. The summed E-state index contributed by atoms with van der Waals surface area (Å²) in [5.74, 6) is -4.77. The van der Waals surface area contributed by atoms with Crippen molar-refractivity contribution in [2.75, 3.05) is 59.3 Å². The van der Waals surface area contributed by atoms with Crippen LogP contribution >= 0.6 is 11.3 Å². The molecule has 2 aromatic heterocycles. The van der Waals surface area contributed by atoms with Crippen LogP contribution in [0.1, 0.15) is 103 Å². The zero-order valence-corrected chi connectivity index (χ0v) is 49.3. The van der Waals surface area contributed by atoms with Crippen LogP contribution in [-0.2, 0) is 55.9 Å². The molecule has 5 aromatic rings. The zero-order chi connectivity index (χ0) is 59.6. The Kier molecular flexibility index (Phi) is 21.4. The third-order valence-corrected chi connectivity index (χ3v) is 15.6. The highest BCUT2D eigenvalue weighted by atomic mass is 32.1. The van der Waals surface area contributed by atoms with Crippen LogP contribution in [0.3, 0.4) is 0 Å². The Labute approximate surface area is 481 Å². The average Bonchev–Trinajstić information content (AvgIpc) is 4.15. The molecule has 0 spiro atoms. The molecule has 1 saturated heterocycles. The van der Waals surface area contributed by atoms with Crippen LogP contribution < -0.4 is 26.4 Å². The number of amides is 4. The molecular formula is C60H79F3N8O10S. The van der Waals surface area contributed by atoms with Gasteiger partial charge in [0.2, 0.25) is 23.6 Å². The Hall–Kier alpha value is -6.43. The summed E-state index contributed by atoms with van der Waals surface area (Å²) in [7, 11) is 0. The molecule has 2 aliphatic heterocycles. The Bertz CT molecular complexity index is 2990. The van der Waals surface area contributed by atoms with Crippen molar-refractivity contribution in [1.82, 2.24) is 35.7 Å². The van der Waals surface area contributed by atoms with Crippen molar-refractivity contribution < 1.29 is 60.8 Å².